The highest BCUT2D eigenvalue weighted by molar-refractivity contribution is 5.82. The van der Waals surface area contributed by atoms with Crippen molar-refractivity contribution in [3.05, 3.63) is 88.7 Å². The van der Waals surface area contributed by atoms with E-state index in [4.69, 9.17) is 14.5 Å². The molecule has 2 aromatic carbocycles. The van der Waals surface area contributed by atoms with Crippen LogP contribution in [-0.2, 0) is 30.7 Å². The molecule has 2 atom stereocenters. The minimum atomic E-state index is -5.06. The molecule has 2 fully saturated rings. The molecular formula is C34H30F6N4O4. The number of amides is 1. The van der Waals surface area contributed by atoms with E-state index in [1.54, 1.807) is 25.4 Å². The maximum Gasteiger partial charge on any atom is 0.416 e. The number of hydrogen-bond donors (Lipinski definition) is 0. The Bertz CT molecular complexity index is 1850. The second-order valence-corrected chi connectivity index (χ2v) is 11.8. The lowest BCUT2D eigenvalue weighted by Gasteiger charge is -2.33. The highest BCUT2D eigenvalue weighted by atomic mass is 19.4. The van der Waals surface area contributed by atoms with Crippen LogP contribution >= 0.6 is 0 Å². The number of carbonyl (C=O) groups is 2. The predicted octanol–water partition coefficient (Wildman–Crippen LogP) is 7.90. The average Bonchev–Trinajstić information content (AvgIpc) is 3.53. The molecule has 0 N–H and O–H groups in total. The summed E-state index contributed by atoms with van der Waals surface area (Å²) in [6.07, 6.45) is -9.02. The molecule has 0 bridgehead atoms. The summed E-state index contributed by atoms with van der Waals surface area (Å²) in [6, 6.07) is 11.1. The maximum atomic E-state index is 13.6. The first-order chi connectivity index (χ1) is 22.7. The summed E-state index contributed by atoms with van der Waals surface area (Å²) < 4.78 is 94.6. The number of aromatic nitrogens is 2. The van der Waals surface area contributed by atoms with Crippen LogP contribution in [0.3, 0.4) is 0 Å². The quantitative estimate of drug-likeness (QED) is 0.140. The van der Waals surface area contributed by atoms with Gasteiger partial charge in [0.2, 0.25) is 0 Å². The van der Waals surface area contributed by atoms with E-state index in [1.165, 1.54) is 18.9 Å². The number of aldehydes is 1. The van der Waals surface area contributed by atoms with Gasteiger partial charge in [-0.2, -0.15) is 26.3 Å². The van der Waals surface area contributed by atoms with Gasteiger partial charge in [0.15, 0.2) is 6.29 Å². The minimum absolute atomic E-state index is 0.0386. The van der Waals surface area contributed by atoms with Gasteiger partial charge in [0.05, 0.1) is 36.5 Å². The van der Waals surface area contributed by atoms with Crippen LogP contribution in [0.4, 0.5) is 37.0 Å². The van der Waals surface area contributed by atoms with Crippen molar-refractivity contribution in [1.82, 2.24) is 14.5 Å². The van der Waals surface area contributed by atoms with Gasteiger partial charge in [-0.1, -0.05) is 0 Å². The van der Waals surface area contributed by atoms with Crippen molar-refractivity contribution in [2.75, 3.05) is 25.1 Å². The van der Waals surface area contributed by atoms with Crippen molar-refractivity contribution in [2.45, 2.75) is 44.4 Å². The number of methoxy groups -OCH3 is 1. The Morgan fingerprint density at radius 1 is 0.958 bits per heavy atom. The number of nitrogens with zero attached hydrogens (tertiary/aromatic N) is 4. The molecule has 2 aliphatic heterocycles. The molecule has 2 aliphatic rings. The zero-order valence-electron chi connectivity index (χ0n) is 26.0. The summed E-state index contributed by atoms with van der Waals surface area (Å²) in [5, 5.41) is 0. The molecule has 1 amide bonds. The highest BCUT2D eigenvalue weighted by Gasteiger charge is 2.43. The number of cyclic esters (lactones) is 1. The second kappa shape index (κ2) is 12.2. The molecule has 0 saturated carbocycles. The fourth-order valence-corrected chi connectivity index (χ4v) is 6.06. The van der Waals surface area contributed by atoms with E-state index in [0.29, 0.717) is 46.1 Å². The number of anilines is 1. The van der Waals surface area contributed by atoms with E-state index in [9.17, 15) is 35.9 Å². The number of halogens is 6. The molecule has 8 nitrogen and oxygen atoms in total. The molecule has 0 unspecified atom stereocenters. The number of alkyl halides is 6. The van der Waals surface area contributed by atoms with Crippen LogP contribution in [0.2, 0.25) is 0 Å². The molecule has 252 valence electrons. The third kappa shape index (κ3) is 6.18. The first-order valence-electron chi connectivity index (χ1n) is 15.0. The van der Waals surface area contributed by atoms with Gasteiger partial charge in [0.25, 0.3) is 0 Å². The first kappa shape index (κ1) is 32.9. The monoisotopic (exact) mass is 672 g/mol. The molecular weight excluding hydrogens is 642 g/mol. The Hall–Kier alpha value is -5.01. The molecule has 4 heterocycles. The topological polar surface area (TPSA) is 76.9 Å². The van der Waals surface area contributed by atoms with Crippen molar-refractivity contribution in [3.63, 3.8) is 0 Å². The van der Waals surface area contributed by atoms with Crippen LogP contribution < -0.4 is 9.64 Å². The van der Waals surface area contributed by atoms with Crippen molar-refractivity contribution in [2.24, 2.45) is 7.05 Å². The Morgan fingerprint density at radius 2 is 1.65 bits per heavy atom. The molecule has 48 heavy (non-hydrogen) atoms. The maximum absolute atomic E-state index is 13.6. The van der Waals surface area contributed by atoms with E-state index in [0.717, 1.165) is 37.1 Å². The molecule has 2 aromatic heterocycles. The molecule has 14 heteroatoms. The van der Waals surface area contributed by atoms with Gasteiger partial charge < -0.3 is 18.9 Å². The van der Waals surface area contributed by atoms with E-state index >= 15 is 0 Å². The van der Waals surface area contributed by atoms with Crippen LogP contribution in [0.25, 0.3) is 22.4 Å². The Balaban J connectivity index is 1.40. The van der Waals surface area contributed by atoms with Gasteiger partial charge >= 0.3 is 18.4 Å². The summed E-state index contributed by atoms with van der Waals surface area (Å²) in [7, 11) is 3.31. The van der Waals surface area contributed by atoms with Gasteiger partial charge in [0.1, 0.15) is 17.7 Å². The van der Waals surface area contributed by atoms with Crippen molar-refractivity contribution < 1.29 is 45.4 Å². The molecule has 6 rings (SSSR count). The predicted molar refractivity (Wildman–Crippen MR) is 164 cm³/mol. The smallest absolute Gasteiger partial charge is 0.416 e. The zero-order valence-corrected chi connectivity index (χ0v) is 26.0. The lowest BCUT2D eigenvalue weighted by Crippen LogP contribution is -2.38. The van der Waals surface area contributed by atoms with E-state index in [-0.39, 0.29) is 12.6 Å². The van der Waals surface area contributed by atoms with Crippen LogP contribution in [0, 0.1) is 0 Å². The normalized spacial score (nSPS) is 18.1. The van der Waals surface area contributed by atoms with E-state index < -0.39 is 47.3 Å². The van der Waals surface area contributed by atoms with Gasteiger partial charge in [-0.25, -0.2) is 9.78 Å². The minimum Gasteiger partial charge on any atom is -0.496 e. The number of rotatable bonds is 8. The Kier molecular flexibility index (Phi) is 8.38. The standard InChI is InChI=1S/C34H30F6N4O4/c1-19-31(22-12-23(33(35,36)37)15-24(13-22)34(38,39)40)48-32(46)44(19)17-27-25(6-8-30(41-27)43-9-4-10-43)26-14-21(5-7-29(26)47-3)28-11-20(18-45)16-42(28)2/h5-8,11-16,18-19,31H,4,9-10,17H2,1-3H3/t19-,31-/m0/s1. The van der Waals surface area contributed by atoms with Crippen LogP contribution in [0.1, 0.15) is 52.2 Å². The summed E-state index contributed by atoms with van der Waals surface area (Å²) in [4.78, 5) is 32.8. The number of ether oxygens (including phenoxy) is 2. The fourth-order valence-electron chi connectivity index (χ4n) is 6.06. The van der Waals surface area contributed by atoms with Gasteiger partial charge in [0, 0.05) is 48.7 Å². The summed E-state index contributed by atoms with van der Waals surface area (Å²) in [5.74, 6) is 1.14. The molecule has 2 saturated heterocycles. The average molecular weight is 673 g/mol. The lowest BCUT2D eigenvalue weighted by atomic mass is 9.96. The largest absolute Gasteiger partial charge is 0.496 e. The molecule has 4 aromatic rings. The lowest BCUT2D eigenvalue weighted by molar-refractivity contribution is -0.143. The molecule has 0 radical (unpaired) electrons. The number of carbonyl (C=O) groups excluding carboxylic acids is 2. The number of benzene rings is 2. The van der Waals surface area contributed by atoms with E-state index in [1.807, 2.05) is 33.7 Å². The molecule has 0 spiro atoms. The van der Waals surface area contributed by atoms with Crippen LogP contribution in [0.5, 0.6) is 5.75 Å². The summed E-state index contributed by atoms with van der Waals surface area (Å²) in [6.45, 7) is 2.89. The second-order valence-electron chi connectivity index (χ2n) is 11.8. The summed E-state index contributed by atoms with van der Waals surface area (Å²) in [5.41, 5.74) is 0.219. The highest BCUT2D eigenvalue weighted by Crippen LogP contribution is 2.42. The van der Waals surface area contributed by atoms with Crippen LogP contribution in [0.15, 0.2) is 60.8 Å². The third-order valence-electron chi connectivity index (χ3n) is 8.74. The number of hydrogen-bond acceptors (Lipinski definition) is 6. The Labute approximate surface area is 271 Å². The van der Waals surface area contributed by atoms with Gasteiger partial charge in [-0.05, 0) is 79.1 Å². The zero-order chi connectivity index (χ0) is 34.5. The van der Waals surface area contributed by atoms with Crippen LogP contribution in [-0.4, -0.2) is 53.1 Å². The third-order valence-corrected chi connectivity index (χ3v) is 8.74. The van der Waals surface area contributed by atoms with Gasteiger partial charge in [-0.3, -0.25) is 9.69 Å². The van der Waals surface area contributed by atoms with Crippen molar-refractivity contribution in [1.29, 1.82) is 0 Å². The SMILES string of the molecule is COc1ccc(-c2cc(C=O)cn2C)cc1-c1ccc(N2CCC2)nc1CN1C(=O)O[C@H](c2cc(C(F)(F)F)cc(C(F)(F)F)c2)[C@@H]1C. The Morgan fingerprint density at radius 3 is 2.21 bits per heavy atom. The number of pyridine rings is 1. The molecule has 0 aliphatic carbocycles. The van der Waals surface area contributed by atoms with E-state index in [2.05, 4.69) is 0 Å². The number of aryl methyl sites for hydroxylation is 1. The van der Waals surface area contributed by atoms with Crippen molar-refractivity contribution >= 4 is 18.2 Å². The fraction of sp³-hybridized carbons (Fsp3) is 0.324. The summed E-state index contributed by atoms with van der Waals surface area (Å²) >= 11 is 0. The van der Waals surface area contributed by atoms with Crippen molar-refractivity contribution in [3.8, 4) is 28.1 Å². The first-order valence-corrected chi connectivity index (χ1v) is 15.0. The van der Waals surface area contributed by atoms with Gasteiger partial charge in [-0.15, -0.1) is 0 Å².